The summed E-state index contributed by atoms with van der Waals surface area (Å²) in [5.74, 6) is 0.319. The maximum atomic E-state index is 12.5. The van der Waals surface area contributed by atoms with Crippen LogP contribution in [-0.2, 0) is 16.1 Å². The number of anilines is 2. The Morgan fingerprint density at radius 2 is 1.84 bits per heavy atom. The number of nitrogens with zero attached hydrogens (tertiary/aromatic N) is 1. The maximum absolute atomic E-state index is 12.5. The Labute approximate surface area is 199 Å². The minimum atomic E-state index is -0.389. The van der Waals surface area contributed by atoms with Gasteiger partial charge in [-0.3, -0.25) is 9.59 Å². The van der Waals surface area contributed by atoms with Gasteiger partial charge >= 0.3 is 0 Å². The average Bonchev–Trinajstić information content (AvgIpc) is 2.75. The second kappa shape index (κ2) is 9.69. The number of fused-ring (bicyclic) bond motifs is 1. The number of carbonyl (C=O) groups is 2. The van der Waals surface area contributed by atoms with Gasteiger partial charge in [-0.25, -0.2) is 0 Å². The van der Waals surface area contributed by atoms with E-state index in [2.05, 4.69) is 5.32 Å². The molecule has 0 saturated heterocycles. The van der Waals surface area contributed by atoms with Crippen LogP contribution in [0.2, 0.25) is 15.1 Å². The summed E-state index contributed by atoms with van der Waals surface area (Å²) in [6.45, 7) is 0.0143. The highest BCUT2D eigenvalue weighted by molar-refractivity contribution is 6.35. The molecule has 0 spiro atoms. The molecule has 6 nitrogen and oxygen atoms in total. The van der Waals surface area contributed by atoms with E-state index in [9.17, 15) is 9.59 Å². The number of nitrogens with one attached hydrogen (secondary N) is 1. The van der Waals surface area contributed by atoms with Crippen LogP contribution < -0.4 is 19.7 Å². The van der Waals surface area contributed by atoms with Crippen molar-refractivity contribution < 1.29 is 19.1 Å². The molecule has 3 aromatic carbocycles. The highest BCUT2D eigenvalue weighted by Gasteiger charge is 2.26. The van der Waals surface area contributed by atoms with E-state index in [1.54, 1.807) is 47.4 Å². The Hall–Kier alpha value is -2.93. The largest absolute Gasteiger partial charge is 0.482 e. The second-order valence-corrected chi connectivity index (χ2v) is 8.27. The summed E-state index contributed by atoms with van der Waals surface area (Å²) in [6, 6.07) is 17.1. The predicted molar refractivity (Wildman–Crippen MR) is 125 cm³/mol. The normalized spacial score (nSPS) is 12.7. The Kier molecular flexibility index (Phi) is 6.74. The van der Waals surface area contributed by atoms with Crippen molar-refractivity contribution in [3.8, 4) is 11.5 Å². The molecule has 0 radical (unpaired) electrons. The van der Waals surface area contributed by atoms with Crippen molar-refractivity contribution in [2.45, 2.75) is 6.54 Å². The van der Waals surface area contributed by atoms with Crippen LogP contribution in [0.4, 0.5) is 11.4 Å². The average molecular weight is 492 g/mol. The van der Waals surface area contributed by atoms with Gasteiger partial charge in [0.05, 0.1) is 17.3 Å². The number of ether oxygens (including phenoxy) is 2. The van der Waals surface area contributed by atoms with Gasteiger partial charge < -0.3 is 19.7 Å². The van der Waals surface area contributed by atoms with E-state index in [0.717, 1.165) is 5.56 Å². The molecule has 1 N–H and O–H groups in total. The molecule has 0 fully saturated rings. The Bertz CT molecular complexity index is 1190. The van der Waals surface area contributed by atoms with Gasteiger partial charge in [-0.15, -0.1) is 0 Å². The topological polar surface area (TPSA) is 67.9 Å². The lowest BCUT2D eigenvalue weighted by Crippen LogP contribution is -2.38. The number of benzene rings is 3. The summed E-state index contributed by atoms with van der Waals surface area (Å²) < 4.78 is 11.0. The zero-order valence-electron chi connectivity index (χ0n) is 16.6. The summed E-state index contributed by atoms with van der Waals surface area (Å²) in [6.07, 6.45) is 0. The highest BCUT2D eigenvalue weighted by atomic mass is 35.5. The quantitative estimate of drug-likeness (QED) is 0.488. The van der Waals surface area contributed by atoms with Crippen LogP contribution in [0.5, 0.6) is 11.5 Å². The minimum absolute atomic E-state index is 0.0606. The van der Waals surface area contributed by atoms with Gasteiger partial charge in [0.25, 0.3) is 11.8 Å². The summed E-state index contributed by atoms with van der Waals surface area (Å²) >= 11 is 18.0. The molecule has 0 saturated carbocycles. The van der Waals surface area contributed by atoms with Crippen LogP contribution in [0.15, 0.2) is 60.7 Å². The van der Waals surface area contributed by atoms with Crippen molar-refractivity contribution in [2.75, 3.05) is 23.4 Å². The van der Waals surface area contributed by atoms with E-state index in [1.165, 1.54) is 6.07 Å². The molecule has 1 heterocycles. The molecule has 0 aromatic heterocycles. The van der Waals surface area contributed by atoms with Crippen molar-refractivity contribution in [3.63, 3.8) is 0 Å². The summed E-state index contributed by atoms with van der Waals surface area (Å²) in [7, 11) is 0. The van der Waals surface area contributed by atoms with Crippen LogP contribution in [0.3, 0.4) is 0 Å². The lowest BCUT2D eigenvalue weighted by Gasteiger charge is -2.30. The lowest BCUT2D eigenvalue weighted by molar-refractivity contribution is -0.121. The monoisotopic (exact) mass is 490 g/mol. The van der Waals surface area contributed by atoms with E-state index < -0.39 is 0 Å². The first-order chi connectivity index (χ1) is 15.4. The number of hydrogen-bond donors (Lipinski definition) is 1. The zero-order chi connectivity index (χ0) is 22.7. The molecule has 0 unspecified atom stereocenters. The third kappa shape index (κ3) is 5.27. The molecule has 0 bridgehead atoms. The second-order valence-electron chi connectivity index (χ2n) is 6.99. The molecule has 4 rings (SSSR count). The van der Waals surface area contributed by atoms with E-state index in [0.29, 0.717) is 44.5 Å². The van der Waals surface area contributed by atoms with Gasteiger partial charge in [-0.2, -0.15) is 0 Å². The van der Waals surface area contributed by atoms with Crippen LogP contribution in [0, 0.1) is 0 Å². The molecule has 2 amide bonds. The van der Waals surface area contributed by atoms with Crippen molar-refractivity contribution in [1.29, 1.82) is 0 Å². The van der Waals surface area contributed by atoms with Gasteiger partial charge in [-0.1, -0.05) is 46.9 Å². The third-order valence-corrected chi connectivity index (χ3v) is 5.43. The smallest absolute Gasteiger partial charge is 0.265 e. The molecule has 1 aliphatic rings. The molecular formula is C23H17Cl3N2O4. The zero-order valence-corrected chi connectivity index (χ0v) is 18.9. The van der Waals surface area contributed by atoms with Crippen LogP contribution in [0.1, 0.15) is 5.56 Å². The molecule has 1 aliphatic heterocycles. The van der Waals surface area contributed by atoms with Crippen molar-refractivity contribution in [1.82, 2.24) is 0 Å². The van der Waals surface area contributed by atoms with E-state index in [1.807, 2.05) is 12.1 Å². The Balaban J connectivity index is 1.47. The Morgan fingerprint density at radius 1 is 1.03 bits per heavy atom. The van der Waals surface area contributed by atoms with E-state index in [4.69, 9.17) is 44.3 Å². The number of rotatable bonds is 6. The molecule has 3 aromatic rings. The lowest BCUT2D eigenvalue weighted by atomic mass is 10.1. The van der Waals surface area contributed by atoms with Crippen molar-refractivity contribution >= 4 is 58.0 Å². The van der Waals surface area contributed by atoms with Gasteiger partial charge in [0.15, 0.2) is 13.2 Å². The fraction of sp³-hybridized carbons (Fsp3) is 0.130. The maximum Gasteiger partial charge on any atom is 0.265 e. The number of carbonyl (C=O) groups excluding carboxylic acids is 2. The third-order valence-electron chi connectivity index (χ3n) is 4.67. The van der Waals surface area contributed by atoms with Crippen molar-refractivity contribution in [3.05, 3.63) is 81.3 Å². The summed E-state index contributed by atoms with van der Waals surface area (Å²) in [5, 5.41) is 4.13. The fourth-order valence-corrected chi connectivity index (χ4v) is 3.88. The Morgan fingerprint density at radius 3 is 2.62 bits per heavy atom. The summed E-state index contributed by atoms with van der Waals surface area (Å²) in [4.78, 5) is 26.5. The molecule has 0 atom stereocenters. The predicted octanol–water partition coefficient (Wildman–Crippen LogP) is 5.59. The highest BCUT2D eigenvalue weighted by Crippen LogP contribution is 2.36. The van der Waals surface area contributed by atoms with Gasteiger partial charge in [0.1, 0.15) is 11.5 Å². The van der Waals surface area contributed by atoms with Gasteiger partial charge in [0, 0.05) is 15.7 Å². The van der Waals surface area contributed by atoms with Crippen LogP contribution in [0.25, 0.3) is 0 Å². The first-order valence-corrected chi connectivity index (χ1v) is 10.7. The number of halogens is 3. The fourth-order valence-electron chi connectivity index (χ4n) is 3.20. The van der Waals surface area contributed by atoms with Gasteiger partial charge in [-0.05, 0) is 54.1 Å². The van der Waals surface area contributed by atoms with Gasteiger partial charge in [0.2, 0.25) is 0 Å². The number of amides is 2. The SMILES string of the molecule is O=C(COc1ccc(Cl)cc1Cl)Nc1ccc2c(c1)N(Cc1cccc(Cl)c1)C(=O)CO2. The standard InChI is InChI=1S/C23H17Cl3N2O4/c24-15-3-1-2-14(8-15)11-28-19-10-17(5-7-21(19)32-13-23(28)30)27-22(29)12-31-20-6-4-16(25)9-18(20)26/h1-10H,11-13H2,(H,27,29). The molecule has 0 aliphatic carbocycles. The first-order valence-electron chi connectivity index (χ1n) is 9.58. The van der Waals surface area contributed by atoms with E-state index >= 15 is 0 Å². The molecule has 164 valence electrons. The number of hydrogen-bond acceptors (Lipinski definition) is 4. The van der Waals surface area contributed by atoms with Crippen LogP contribution >= 0.6 is 34.8 Å². The molecule has 32 heavy (non-hydrogen) atoms. The van der Waals surface area contributed by atoms with E-state index in [-0.39, 0.29) is 25.0 Å². The molecular weight excluding hydrogens is 475 g/mol. The van der Waals surface area contributed by atoms with Crippen molar-refractivity contribution in [2.24, 2.45) is 0 Å². The first kappa shape index (κ1) is 22.3. The summed E-state index contributed by atoms with van der Waals surface area (Å²) in [5.41, 5.74) is 1.93. The minimum Gasteiger partial charge on any atom is -0.482 e. The van der Waals surface area contributed by atoms with Crippen LogP contribution in [-0.4, -0.2) is 25.0 Å². The molecule has 9 heteroatoms.